The van der Waals surface area contributed by atoms with Crippen molar-refractivity contribution < 1.29 is 14.8 Å². The summed E-state index contributed by atoms with van der Waals surface area (Å²) in [5, 5.41) is 30.2. The number of hydrogen-bond acceptors (Lipinski definition) is 5. The Bertz CT molecular complexity index is 789. The van der Waals surface area contributed by atoms with Gasteiger partial charge in [0.1, 0.15) is 0 Å². The van der Waals surface area contributed by atoms with Crippen LogP contribution in [0.1, 0.15) is 30.0 Å². The Morgan fingerprint density at radius 1 is 1.52 bits per heavy atom. The van der Waals surface area contributed by atoms with Gasteiger partial charge >= 0.3 is 5.69 Å². The normalized spacial score (nSPS) is 16.7. The minimum atomic E-state index is -0.758. The van der Waals surface area contributed by atoms with Gasteiger partial charge < -0.3 is 10.4 Å². The number of phenols is 1. The molecule has 0 radical (unpaired) electrons. The summed E-state index contributed by atoms with van der Waals surface area (Å²) in [6.07, 6.45) is 3.91. The number of aromatic amines is 1. The highest BCUT2D eigenvalue weighted by Crippen LogP contribution is 2.38. The fraction of sp³-hybridized carbons (Fsp3) is 0.286. The van der Waals surface area contributed by atoms with E-state index in [-0.39, 0.29) is 16.6 Å². The molecule has 1 aliphatic carbocycles. The highest BCUT2D eigenvalue weighted by molar-refractivity contribution is 6.31. The van der Waals surface area contributed by atoms with Crippen LogP contribution in [-0.4, -0.2) is 26.1 Å². The first-order chi connectivity index (χ1) is 11.0. The van der Waals surface area contributed by atoms with E-state index in [1.807, 2.05) is 0 Å². The zero-order valence-electron chi connectivity index (χ0n) is 11.9. The zero-order valence-corrected chi connectivity index (χ0v) is 12.6. The maximum absolute atomic E-state index is 12.5. The van der Waals surface area contributed by atoms with Gasteiger partial charge in [-0.3, -0.25) is 20.0 Å². The summed E-state index contributed by atoms with van der Waals surface area (Å²) in [6.45, 7) is 0. The molecule has 1 heterocycles. The lowest BCUT2D eigenvalue weighted by atomic mass is 9.86. The van der Waals surface area contributed by atoms with Gasteiger partial charge in [0.05, 0.1) is 22.7 Å². The maximum Gasteiger partial charge on any atom is 0.314 e. The molecule has 8 nitrogen and oxygen atoms in total. The van der Waals surface area contributed by atoms with E-state index in [0.717, 1.165) is 30.2 Å². The number of rotatable bonds is 3. The lowest BCUT2D eigenvalue weighted by Crippen LogP contribution is -2.24. The van der Waals surface area contributed by atoms with Gasteiger partial charge in [-0.25, -0.2) is 0 Å². The predicted octanol–water partition coefficient (Wildman–Crippen LogP) is 2.74. The molecule has 9 heteroatoms. The number of carbonyl (C=O) groups is 1. The van der Waals surface area contributed by atoms with Gasteiger partial charge in [0, 0.05) is 22.3 Å². The van der Waals surface area contributed by atoms with Crippen molar-refractivity contribution in [2.45, 2.75) is 25.2 Å². The molecule has 1 atom stereocenters. The lowest BCUT2D eigenvalue weighted by Gasteiger charge is -2.21. The molecule has 23 heavy (non-hydrogen) atoms. The number of carbonyl (C=O) groups excluding carboxylic acids is 1. The van der Waals surface area contributed by atoms with Gasteiger partial charge in [0.2, 0.25) is 11.7 Å². The summed E-state index contributed by atoms with van der Waals surface area (Å²) < 4.78 is 0. The lowest BCUT2D eigenvalue weighted by molar-refractivity contribution is -0.385. The summed E-state index contributed by atoms with van der Waals surface area (Å²) >= 11 is 5.82. The Balaban J connectivity index is 1.89. The van der Waals surface area contributed by atoms with Crippen LogP contribution in [0, 0.1) is 10.1 Å². The first-order valence-electron chi connectivity index (χ1n) is 6.97. The van der Waals surface area contributed by atoms with Gasteiger partial charge in [-0.05, 0) is 25.3 Å². The third-order valence-corrected chi connectivity index (χ3v) is 4.09. The van der Waals surface area contributed by atoms with Crippen molar-refractivity contribution in [1.29, 1.82) is 0 Å². The van der Waals surface area contributed by atoms with E-state index in [9.17, 15) is 20.0 Å². The topological polar surface area (TPSA) is 121 Å². The average Bonchev–Trinajstić information content (AvgIpc) is 2.98. The monoisotopic (exact) mass is 336 g/mol. The van der Waals surface area contributed by atoms with Crippen LogP contribution in [0.4, 0.5) is 11.4 Å². The average molecular weight is 337 g/mol. The molecule has 1 aliphatic rings. The second-order valence-electron chi connectivity index (χ2n) is 5.32. The van der Waals surface area contributed by atoms with Crippen LogP contribution in [0.15, 0.2) is 18.3 Å². The van der Waals surface area contributed by atoms with Crippen molar-refractivity contribution in [1.82, 2.24) is 10.2 Å². The predicted molar refractivity (Wildman–Crippen MR) is 82.7 cm³/mol. The number of hydrogen-bond donors (Lipinski definition) is 3. The molecule has 0 spiro atoms. The molecular weight excluding hydrogens is 324 g/mol. The van der Waals surface area contributed by atoms with Crippen LogP contribution in [0.3, 0.4) is 0 Å². The molecule has 0 bridgehead atoms. The number of nitrogens with one attached hydrogen (secondary N) is 2. The standard InChI is InChI=1S/C14H13ClN4O4/c15-7-4-11(13(20)12(5-7)19(22)23)17-14(21)8-2-1-3-10-9(8)6-16-18-10/h4-6,8,20H,1-3H2,(H,16,18)(H,17,21)/t8-/m1/s1. The number of H-pyrrole nitrogens is 1. The highest BCUT2D eigenvalue weighted by atomic mass is 35.5. The SMILES string of the molecule is O=C(Nc1cc(Cl)cc([N+](=O)[O-])c1O)[C@@H]1CCCc2[nH]ncc21. The first-order valence-corrected chi connectivity index (χ1v) is 7.35. The summed E-state index contributed by atoms with van der Waals surface area (Å²) in [5.74, 6) is -1.40. The maximum atomic E-state index is 12.5. The van der Waals surface area contributed by atoms with Crippen molar-refractivity contribution >= 4 is 28.9 Å². The molecule has 3 N–H and O–H groups in total. The molecule has 1 amide bonds. The molecule has 0 aliphatic heterocycles. The van der Waals surface area contributed by atoms with Crippen LogP contribution in [0.5, 0.6) is 5.75 Å². The molecule has 2 aromatic rings. The van der Waals surface area contributed by atoms with Crippen molar-refractivity contribution in [3.05, 3.63) is 44.7 Å². The number of nitro groups is 1. The van der Waals surface area contributed by atoms with Crippen LogP contribution in [-0.2, 0) is 11.2 Å². The molecule has 1 aromatic heterocycles. The number of aryl methyl sites for hydroxylation is 1. The van der Waals surface area contributed by atoms with Crippen molar-refractivity contribution in [2.75, 3.05) is 5.32 Å². The van der Waals surface area contributed by atoms with Crippen LogP contribution in [0.2, 0.25) is 5.02 Å². The third kappa shape index (κ3) is 2.85. The van der Waals surface area contributed by atoms with E-state index in [4.69, 9.17) is 11.6 Å². The largest absolute Gasteiger partial charge is 0.501 e. The minimum absolute atomic E-state index is 0.0532. The number of aromatic hydroxyl groups is 1. The van der Waals surface area contributed by atoms with E-state index in [1.54, 1.807) is 6.20 Å². The minimum Gasteiger partial charge on any atom is -0.501 e. The van der Waals surface area contributed by atoms with E-state index in [1.165, 1.54) is 6.07 Å². The van der Waals surface area contributed by atoms with E-state index < -0.39 is 22.3 Å². The number of fused-ring (bicyclic) bond motifs is 1. The second kappa shape index (κ2) is 5.88. The number of nitro benzene ring substituents is 1. The van der Waals surface area contributed by atoms with E-state index >= 15 is 0 Å². The summed E-state index contributed by atoms with van der Waals surface area (Å²) in [6, 6.07) is 2.31. The molecule has 0 fully saturated rings. The number of halogens is 1. The van der Waals surface area contributed by atoms with Crippen molar-refractivity contribution in [2.24, 2.45) is 0 Å². The van der Waals surface area contributed by atoms with Crippen LogP contribution >= 0.6 is 11.6 Å². The molecule has 120 valence electrons. The summed E-state index contributed by atoms with van der Waals surface area (Å²) in [7, 11) is 0. The Hall–Kier alpha value is -2.61. The second-order valence-corrected chi connectivity index (χ2v) is 5.75. The van der Waals surface area contributed by atoms with Crippen LogP contribution < -0.4 is 5.32 Å². The van der Waals surface area contributed by atoms with Crippen LogP contribution in [0.25, 0.3) is 0 Å². The summed E-state index contributed by atoms with van der Waals surface area (Å²) in [4.78, 5) is 22.6. The highest BCUT2D eigenvalue weighted by Gasteiger charge is 2.29. The van der Waals surface area contributed by atoms with Gasteiger partial charge in [0.25, 0.3) is 0 Å². The third-order valence-electron chi connectivity index (χ3n) is 3.87. The fourth-order valence-corrected chi connectivity index (χ4v) is 2.99. The smallest absolute Gasteiger partial charge is 0.314 e. The molecule has 3 rings (SSSR count). The number of aromatic nitrogens is 2. The van der Waals surface area contributed by atoms with Crippen molar-refractivity contribution in [3.8, 4) is 5.75 Å². The molecular formula is C14H13ClN4O4. The Kier molecular flexibility index (Phi) is 3.91. The molecule has 0 unspecified atom stereocenters. The Morgan fingerprint density at radius 2 is 2.30 bits per heavy atom. The molecule has 0 saturated carbocycles. The van der Waals surface area contributed by atoms with Gasteiger partial charge in [-0.2, -0.15) is 5.10 Å². The quantitative estimate of drug-likeness (QED) is 0.452. The Labute approximate surface area is 135 Å². The van der Waals surface area contributed by atoms with Gasteiger partial charge in [0.15, 0.2) is 0 Å². The fourth-order valence-electron chi connectivity index (χ4n) is 2.77. The van der Waals surface area contributed by atoms with E-state index in [0.29, 0.717) is 6.42 Å². The van der Waals surface area contributed by atoms with Gasteiger partial charge in [-0.15, -0.1) is 0 Å². The number of amides is 1. The summed E-state index contributed by atoms with van der Waals surface area (Å²) in [5.41, 5.74) is 1.09. The zero-order chi connectivity index (χ0) is 16.6. The number of phenolic OH excluding ortho intramolecular Hbond substituents is 1. The Morgan fingerprint density at radius 3 is 3.04 bits per heavy atom. The number of nitrogens with zero attached hydrogens (tertiary/aromatic N) is 2. The molecule has 0 saturated heterocycles. The molecule has 1 aromatic carbocycles. The number of anilines is 1. The van der Waals surface area contributed by atoms with E-state index in [2.05, 4.69) is 15.5 Å². The van der Waals surface area contributed by atoms with Gasteiger partial charge in [-0.1, -0.05) is 11.6 Å². The first kappa shape index (κ1) is 15.3. The van der Waals surface area contributed by atoms with Crippen molar-refractivity contribution in [3.63, 3.8) is 0 Å². The number of benzene rings is 1.